The highest BCUT2D eigenvalue weighted by molar-refractivity contribution is 7.20. The third kappa shape index (κ3) is 7.96. The molecule has 0 aliphatic heterocycles. The molecule has 0 aliphatic rings. The molecule has 0 bridgehead atoms. The zero-order chi connectivity index (χ0) is 43.9. The van der Waals surface area contributed by atoms with Gasteiger partial charge in [-0.2, -0.15) is 0 Å². The molecule has 0 atom stereocenters. The van der Waals surface area contributed by atoms with Crippen LogP contribution in [0.4, 0.5) is 0 Å². The highest BCUT2D eigenvalue weighted by Crippen LogP contribution is 2.45. The number of hydrogen-bond acceptors (Lipinski definition) is 14. The molecule has 19 heteroatoms. The molecule has 14 N–H and O–H groups in total. The maximum atomic E-state index is 9.82. The lowest BCUT2D eigenvalue weighted by molar-refractivity contribution is 0.404. The topological polar surface area (TPSA) is 283 Å². The molecule has 14 nitrogen and oxygen atoms in total. The fraction of sp³-hybridized carbons (Fsp3) is 0. The van der Waals surface area contributed by atoms with E-state index in [1.54, 1.807) is 97.1 Å². The van der Waals surface area contributed by atoms with Gasteiger partial charge in [-0.05, 0) is 111 Å². The molecule has 0 saturated carbocycles. The summed E-state index contributed by atoms with van der Waals surface area (Å²) < 4.78 is 0. The normalized spacial score (nSPS) is 11.3. The molecule has 0 saturated heterocycles. The Morgan fingerprint density at radius 1 is 0.246 bits per heavy atom. The summed E-state index contributed by atoms with van der Waals surface area (Å²) in [4.78, 5) is 0. The fourth-order valence-electron chi connectivity index (χ4n) is 7.69. The molecular formula is C42H36B4O14Si. The second-order valence-electron chi connectivity index (χ2n) is 14.4. The van der Waals surface area contributed by atoms with Crippen LogP contribution in [0.15, 0.2) is 133 Å². The van der Waals surface area contributed by atoms with Gasteiger partial charge in [0.2, 0.25) is 0 Å². The van der Waals surface area contributed by atoms with Crippen molar-refractivity contribution in [3.63, 3.8) is 0 Å². The van der Waals surface area contributed by atoms with Gasteiger partial charge in [-0.1, -0.05) is 97.1 Å². The van der Waals surface area contributed by atoms with Crippen molar-refractivity contribution in [3.8, 4) is 34.5 Å². The van der Waals surface area contributed by atoms with Crippen molar-refractivity contribution in [2.75, 3.05) is 0 Å². The van der Waals surface area contributed by atoms with Gasteiger partial charge in [0, 0.05) is 0 Å². The second kappa shape index (κ2) is 16.9. The average molecular weight is 836 g/mol. The number of rotatable bonds is 8. The molecule has 0 heterocycles. The fourth-order valence-corrected chi connectivity index (χ4v) is 12.4. The SMILES string of the molecule is OB(O)c1ccc([Si](c2ccc(B(O)O)cc2)(c2ccc(B(O)O)cc2)c2ccc(B(O)O)cc2)cc1.Oc1cc2c3cc(O)c(O)cc3c3cc(O)c(O)cc3c2cc1O. The molecule has 0 fully saturated rings. The maximum Gasteiger partial charge on any atom is 0.488 e. The monoisotopic (exact) mass is 836 g/mol. The third-order valence-electron chi connectivity index (χ3n) is 10.8. The van der Waals surface area contributed by atoms with Crippen LogP contribution in [0.5, 0.6) is 34.5 Å². The first kappa shape index (κ1) is 42.6. The molecule has 0 unspecified atom stereocenters. The minimum atomic E-state index is -3.18. The predicted molar refractivity (Wildman–Crippen MR) is 238 cm³/mol. The highest BCUT2D eigenvalue weighted by atomic mass is 28.3. The van der Waals surface area contributed by atoms with Crippen molar-refractivity contribution in [1.82, 2.24) is 0 Å². The molecule has 0 aliphatic carbocycles. The Morgan fingerprint density at radius 2 is 0.393 bits per heavy atom. The summed E-state index contributed by atoms with van der Waals surface area (Å²) in [5.74, 6) is -2.01. The summed E-state index contributed by atoms with van der Waals surface area (Å²) in [6.07, 6.45) is 0. The molecule has 0 aromatic heterocycles. The summed E-state index contributed by atoms with van der Waals surface area (Å²) >= 11 is 0. The van der Waals surface area contributed by atoms with Gasteiger partial charge in [0.25, 0.3) is 0 Å². The Labute approximate surface area is 349 Å². The van der Waals surface area contributed by atoms with Crippen LogP contribution >= 0.6 is 0 Å². The number of aromatic hydroxyl groups is 6. The van der Waals surface area contributed by atoms with Gasteiger partial charge in [0.05, 0.1) is 0 Å². The number of benzene rings is 8. The van der Waals surface area contributed by atoms with E-state index in [0.717, 1.165) is 20.7 Å². The largest absolute Gasteiger partial charge is 0.504 e. The van der Waals surface area contributed by atoms with Crippen LogP contribution in [0.25, 0.3) is 32.3 Å². The van der Waals surface area contributed by atoms with Gasteiger partial charge >= 0.3 is 28.5 Å². The van der Waals surface area contributed by atoms with E-state index in [-0.39, 0.29) is 34.5 Å². The molecule has 8 rings (SSSR count). The van der Waals surface area contributed by atoms with E-state index in [1.165, 1.54) is 36.4 Å². The van der Waals surface area contributed by atoms with Crippen molar-refractivity contribution >= 4 is 111 Å². The van der Waals surface area contributed by atoms with Crippen LogP contribution in [-0.4, -0.2) is 107 Å². The molecule has 0 spiro atoms. The summed E-state index contributed by atoms with van der Waals surface area (Å²) in [5.41, 5.74) is 1.23. The molecule has 304 valence electrons. The first-order chi connectivity index (χ1) is 29.0. The second-order valence-corrected chi connectivity index (χ2v) is 18.2. The van der Waals surface area contributed by atoms with Gasteiger partial charge in [-0.3, -0.25) is 0 Å². The summed E-state index contributed by atoms with van der Waals surface area (Å²) in [6, 6.07) is 35.4. The van der Waals surface area contributed by atoms with Crippen LogP contribution in [0.1, 0.15) is 0 Å². The van der Waals surface area contributed by atoms with Crippen LogP contribution < -0.4 is 42.6 Å². The van der Waals surface area contributed by atoms with Crippen LogP contribution in [0, 0.1) is 0 Å². The Balaban J connectivity index is 0.000000201. The van der Waals surface area contributed by atoms with Crippen molar-refractivity contribution in [2.45, 2.75) is 0 Å². The highest BCUT2D eigenvalue weighted by Gasteiger charge is 2.42. The average Bonchev–Trinajstić information content (AvgIpc) is 3.24. The molecule has 61 heavy (non-hydrogen) atoms. The van der Waals surface area contributed by atoms with E-state index in [9.17, 15) is 70.8 Å². The predicted octanol–water partition coefficient (Wildman–Crippen LogP) is -2.84. The lowest BCUT2D eigenvalue weighted by Crippen LogP contribution is -2.75. The van der Waals surface area contributed by atoms with Crippen LogP contribution in [-0.2, 0) is 0 Å². The van der Waals surface area contributed by atoms with E-state index >= 15 is 0 Å². The zero-order valence-electron chi connectivity index (χ0n) is 31.8. The lowest BCUT2D eigenvalue weighted by atomic mass is 9.80. The number of fused-ring (bicyclic) bond motifs is 6. The molecule has 8 aromatic rings. The van der Waals surface area contributed by atoms with E-state index in [4.69, 9.17) is 0 Å². The Morgan fingerprint density at radius 3 is 0.525 bits per heavy atom. The van der Waals surface area contributed by atoms with Crippen LogP contribution in [0.3, 0.4) is 0 Å². The maximum absolute atomic E-state index is 9.82. The molecular weight excluding hydrogens is 800 g/mol. The third-order valence-corrected chi connectivity index (χ3v) is 15.6. The van der Waals surface area contributed by atoms with Crippen molar-refractivity contribution in [3.05, 3.63) is 133 Å². The quantitative estimate of drug-likeness (QED) is 0.0318. The Kier molecular flexibility index (Phi) is 11.8. The van der Waals surface area contributed by atoms with Gasteiger partial charge in [0.15, 0.2) is 42.6 Å². The van der Waals surface area contributed by atoms with Crippen molar-refractivity contribution in [2.24, 2.45) is 0 Å². The van der Waals surface area contributed by atoms with Gasteiger partial charge in [-0.25, -0.2) is 0 Å². The van der Waals surface area contributed by atoms with E-state index < -0.39 is 36.5 Å². The Hall–Kier alpha value is -6.50. The van der Waals surface area contributed by atoms with Crippen molar-refractivity contribution < 1.29 is 70.8 Å². The molecule has 8 aromatic carbocycles. The zero-order valence-corrected chi connectivity index (χ0v) is 32.8. The number of phenolic OH excluding ortho intramolecular Hbond substituents is 6. The standard InChI is InChI=1S/C24H24B4O8Si.C18H12O6/c29-25(30)17-1-9-21(10-2-17)37(22-11-3-18(4-12-22)26(31)32,23-13-5-19(6-14-23)27(33)34)24-15-7-20(8-16-24)28(35)36;19-13-1-7-8(2-14(13)20)10-4-17(23)18(24)6-12(10)11-5-16(22)15(21)3-9(7)11/h1-16,29-36H;1-6,19-24H. The Bertz CT molecular complexity index is 2400. The van der Waals surface area contributed by atoms with Crippen LogP contribution in [0.2, 0.25) is 0 Å². The van der Waals surface area contributed by atoms with Crippen molar-refractivity contribution in [1.29, 1.82) is 0 Å². The minimum absolute atomic E-state index is 0.308. The minimum Gasteiger partial charge on any atom is -0.504 e. The summed E-state index contributed by atoms with van der Waals surface area (Å²) in [5, 5.41) is 142. The van der Waals surface area contributed by atoms with Gasteiger partial charge in [-0.15, -0.1) is 0 Å². The van der Waals surface area contributed by atoms with E-state index in [1.807, 2.05) is 0 Å². The smallest absolute Gasteiger partial charge is 0.488 e. The summed E-state index contributed by atoms with van der Waals surface area (Å²) in [7, 11) is -9.77. The van der Waals surface area contributed by atoms with E-state index in [2.05, 4.69) is 0 Å². The molecule has 0 radical (unpaired) electrons. The number of hydrogen-bond donors (Lipinski definition) is 14. The number of phenols is 6. The van der Waals surface area contributed by atoms with Gasteiger partial charge in [0.1, 0.15) is 0 Å². The lowest BCUT2D eigenvalue weighted by Gasteiger charge is -2.35. The first-order valence-electron chi connectivity index (χ1n) is 18.6. The van der Waals surface area contributed by atoms with E-state index in [0.29, 0.717) is 54.2 Å². The van der Waals surface area contributed by atoms with Gasteiger partial charge < -0.3 is 70.8 Å². The first-order valence-corrected chi connectivity index (χ1v) is 20.6. The molecule has 0 amide bonds. The summed E-state index contributed by atoms with van der Waals surface area (Å²) in [6.45, 7) is 0.